The zero-order chi connectivity index (χ0) is 22.4. The van der Waals surface area contributed by atoms with E-state index in [2.05, 4.69) is 10.0 Å². The Kier molecular flexibility index (Phi) is 7.17. The van der Waals surface area contributed by atoms with Gasteiger partial charge in [-0.2, -0.15) is 0 Å². The van der Waals surface area contributed by atoms with Gasteiger partial charge in [-0.25, -0.2) is 8.42 Å². The van der Waals surface area contributed by atoms with Gasteiger partial charge in [0.2, 0.25) is 5.91 Å². The van der Waals surface area contributed by atoms with Crippen LogP contribution in [0.25, 0.3) is 0 Å². The van der Waals surface area contributed by atoms with E-state index in [4.69, 9.17) is 4.74 Å². The van der Waals surface area contributed by atoms with E-state index >= 15 is 0 Å². The predicted molar refractivity (Wildman–Crippen MR) is 118 cm³/mol. The summed E-state index contributed by atoms with van der Waals surface area (Å²) in [6, 6.07) is 11.3. The van der Waals surface area contributed by atoms with Gasteiger partial charge in [-0.15, -0.1) is 0 Å². The van der Waals surface area contributed by atoms with Gasteiger partial charge in [-0.1, -0.05) is 18.2 Å². The number of rotatable bonds is 9. The molecule has 3 rings (SSSR count). The van der Waals surface area contributed by atoms with Crippen molar-refractivity contribution >= 4 is 27.5 Å². The van der Waals surface area contributed by atoms with Crippen molar-refractivity contribution in [1.29, 1.82) is 0 Å². The number of likely N-dealkylation sites (tertiary alicyclic amines) is 1. The second-order valence-electron chi connectivity index (χ2n) is 7.38. The van der Waals surface area contributed by atoms with Crippen LogP contribution in [0, 0.1) is 6.92 Å². The number of sulfonamides is 1. The Labute approximate surface area is 182 Å². The zero-order valence-electron chi connectivity index (χ0n) is 17.7. The first-order chi connectivity index (χ1) is 14.8. The first kappa shape index (κ1) is 22.6. The Hall–Kier alpha value is -3.07. The van der Waals surface area contributed by atoms with Crippen LogP contribution in [0.3, 0.4) is 0 Å². The molecule has 1 heterocycles. The molecule has 1 aliphatic rings. The molecule has 0 radical (unpaired) electrons. The van der Waals surface area contributed by atoms with Gasteiger partial charge in [0.1, 0.15) is 5.75 Å². The Morgan fingerprint density at radius 1 is 1.19 bits per heavy atom. The van der Waals surface area contributed by atoms with Gasteiger partial charge in [-0.05, 0) is 49.6 Å². The highest BCUT2D eigenvalue weighted by molar-refractivity contribution is 7.92. The van der Waals surface area contributed by atoms with Crippen LogP contribution in [-0.2, 0) is 14.8 Å². The average Bonchev–Trinajstić information content (AvgIpc) is 3.16. The number of nitrogens with one attached hydrogen (secondary N) is 2. The van der Waals surface area contributed by atoms with E-state index in [1.54, 1.807) is 48.2 Å². The van der Waals surface area contributed by atoms with Crippen LogP contribution in [0.1, 0.15) is 35.2 Å². The number of hydrogen-bond acceptors (Lipinski definition) is 5. The Morgan fingerprint density at radius 2 is 1.97 bits per heavy atom. The summed E-state index contributed by atoms with van der Waals surface area (Å²) in [7, 11) is -2.47. The van der Waals surface area contributed by atoms with E-state index in [9.17, 15) is 18.0 Å². The number of carbonyl (C=O) groups excluding carboxylic acids is 2. The van der Waals surface area contributed by atoms with Gasteiger partial charge in [-0.3, -0.25) is 14.3 Å². The number of carbonyl (C=O) groups is 2. The molecule has 1 aliphatic heterocycles. The second kappa shape index (κ2) is 9.82. The van der Waals surface area contributed by atoms with Crippen molar-refractivity contribution in [2.24, 2.45) is 0 Å². The van der Waals surface area contributed by atoms with Crippen LogP contribution < -0.4 is 14.8 Å². The Balaban J connectivity index is 1.67. The third-order valence-corrected chi connectivity index (χ3v) is 6.66. The highest BCUT2D eigenvalue weighted by Gasteiger charge is 2.21. The molecule has 0 unspecified atom stereocenters. The standard InChI is InChI=1S/C22H27N3O5S/c1-16-10-11-17(22(27)23-12-6-14-25-13-5-9-21(25)26)15-20(16)31(28,29)24-18-7-3-4-8-19(18)30-2/h3-4,7-8,10-11,15,24H,5-6,9,12-14H2,1-2H3,(H,23,27). The third kappa shape index (κ3) is 5.55. The number of hydrogen-bond donors (Lipinski definition) is 2. The van der Waals surface area contributed by atoms with Crippen molar-refractivity contribution in [2.45, 2.75) is 31.1 Å². The number of nitrogens with zero attached hydrogens (tertiary/aromatic N) is 1. The first-order valence-corrected chi connectivity index (χ1v) is 11.6. The fraction of sp³-hybridized carbons (Fsp3) is 0.364. The lowest BCUT2D eigenvalue weighted by Gasteiger charge is -2.16. The maximum Gasteiger partial charge on any atom is 0.262 e. The molecule has 2 amide bonds. The molecular weight excluding hydrogens is 418 g/mol. The van der Waals surface area contributed by atoms with E-state index in [0.717, 1.165) is 13.0 Å². The second-order valence-corrected chi connectivity index (χ2v) is 9.03. The monoisotopic (exact) mass is 445 g/mol. The van der Waals surface area contributed by atoms with E-state index in [0.29, 0.717) is 42.9 Å². The molecule has 0 aromatic heterocycles. The molecule has 31 heavy (non-hydrogen) atoms. The maximum atomic E-state index is 13.0. The number of methoxy groups -OCH3 is 1. The molecule has 0 saturated carbocycles. The molecule has 2 N–H and O–H groups in total. The lowest BCUT2D eigenvalue weighted by molar-refractivity contribution is -0.127. The molecular formula is C22H27N3O5S. The lowest BCUT2D eigenvalue weighted by atomic mass is 10.1. The summed E-state index contributed by atoms with van der Waals surface area (Å²) >= 11 is 0. The van der Waals surface area contributed by atoms with Crippen LogP contribution in [0.2, 0.25) is 0 Å². The average molecular weight is 446 g/mol. The van der Waals surface area contributed by atoms with E-state index in [1.165, 1.54) is 13.2 Å². The summed E-state index contributed by atoms with van der Waals surface area (Å²) in [6.07, 6.45) is 2.12. The number of anilines is 1. The maximum absolute atomic E-state index is 13.0. The number of para-hydroxylation sites is 2. The molecule has 1 fully saturated rings. The molecule has 0 bridgehead atoms. The number of amides is 2. The summed E-state index contributed by atoms with van der Waals surface area (Å²) in [4.78, 5) is 26.0. The van der Waals surface area contributed by atoms with Gasteiger partial charge in [0.25, 0.3) is 15.9 Å². The molecule has 0 atom stereocenters. The fourth-order valence-corrected chi connectivity index (χ4v) is 4.82. The van der Waals surface area contributed by atoms with E-state index < -0.39 is 10.0 Å². The molecule has 166 valence electrons. The molecule has 9 heteroatoms. The number of aryl methyl sites for hydroxylation is 1. The van der Waals surface area contributed by atoms with Crippen molar-refractivity contribution in [3.05, 3.63) is 53.6 Å². The summed E-state index contributed by atoms with van der Waals surface area (Å²) in [6.45, 7) is 3.45. The largest absolute Gasteiger partial charge is 0.495 e. The SMILES string of the molecule is COc1ccccc1NS(=O)(=O)c1cc(C(=O)NCCCN2CCCC2=O)ccc1C. The van der Waals surface area contributed by atoms with Crippen molar-refractivity contribution < 1.29 is 22.7 Å². The number of ether oxygens (including phenoxy) is 1. The summed E-state index contributed by atoms with van der Waals surface area (Å²) in [5.74, 6) is 0.192. The van der Waals surface area contributed by atoms with E-state index in [1.807, 2.05) is 0 Å². The van der Waals surface area contributed by atoms with Crippen molar-refractivity contribution in [3.8, 4) is 5.75 Å². The summed E-state index contributed by atoms with van der Waals surface area (Å²) < 4.78 is 33.7. The summed E-state index contributed by atoms with van der Waals surface area (Å²) in [5.41, 5.74) is 1.09. The quantitative estimate of drug-likeness (QED) is 0.577. The van der Waals surface area contributed by atoms with Gasteiger partial charge >= 0.3 is 0 Å². The minimum atomic E-state index is -3.93. The first-order valence-electron chi connectivity index (χ1n) is 10.1. The predicted octanol–water partition coefficient (Wildman–Crippen LogP) is 2.55. The van der Waals surface area contributed by atoms with E-state index in [-0.39, 0.29) is 22.3 Å². The highest BCUT2D eigenvalue weighted by atomic mass is 32.2. The minimum absolute atomic E-state index is 0.0220. The topological polar surface area (TPSA) is 105 Å². The molecule has 8 nitrogen and oxygen atoms in total. The molecule has 1 saturated heterocycles. The Bertz CT molecular complexity index is 1070. The Morgan fingerprint density at radius 3 is 2.68 bits per heavy atom. The van der Waals surface area contributed by atoms with Gasteiger partial charge in [0, 0.05) is 31.6 Å². The fourth-order valence-electron chi connectivity index (χ4n) is 3.47. The van der Waals surface area contributed by atoms with Crippen LogP contribution in [0.15, 0.2) is 47.4 Å². The zero-order valence-corrected chi connectivity index (χ0v) is 18.5. The lowest BCUT2D eigenvalue weighted by Crippen LogP contribution is -2.30. The molecule has 0 spiro atoms. The van der Waals surface area contributed by atoms with Crippen LogP contribution in [-0.4, -0.2) is 51.9 Å². The highest BCUT2D eigenvalue weighted by Crippen LogP contribution is 2.27. The van der Waals surface area contributed by atoms with Crippen molar-refractivity contribution in [3.63, 3.8) is 0 Å². The molecule has 0 aliphatic carbocycles. The minimum Gasteiger partial charge on any atom is -0.495 e. The normalized spacial score (nSPS) is 13.9. The van der Waals surface area contributed by atoms with Gasteiger partial charge in [0.15, 0.2) is 0 Å². The van der Waals surface area contributed by atoms with Gasteiger partial charge in [0.05, 0.1) is 17.7 Å². The van der Waals surface area contributed by atoms with Crippen LogP contribution in [0.4, 0.5) is 5.69 Å². The molecule has 2 aromatic rings. The number of benzene rings is 2. The summed E-state index contributed by atoms with van der Waals surface area (Å²) in [5, 5.41) is 2.79. The van der Waals surface area contributed by atoms with Gasteiger partial charge < -0.3 is 15.0 Å². The molecule has 2 aromatic carbocycles. The van der Waals surface area contributed by atoms with Crippen LogP contribution in [0.5, 0.6) is 5.75 Å². The van der Waals surface area contributed by atoms with Crippen molar-refractivity contribution in [2.75, 3.05) is 31.5 Å². The van der Waals surface area contributed by atoms with Crippen molar-refractivity contribution in [1.82, 2.24) is 10.2 Å². The van der Waals surface area contributed by atoms with Crippen LogP contribution >= 0.6 is 0 Å². The third-order valence-electron chi connectivity index (χ3n) is 5.15. The smallest absolute Gasteiger partial charge is 0.262 e.